The average Bonchev–Trinajstić information content (AvgIpc) is 2.93. The number of rotatable bonds is 5. The Balaban J connectivity index is 2.22. The predicted molar refractivity (Wildman–Crippen MR) is 99.9 cm³/mol. The first-order valence-electron chi connectivity index (χ1n) is 7.93. The van der Waals surface area contributed by atoms with Gasteiger partial charge in [-0.1, -0.05) is 6.07 Å². The van der Waals surface area contributed by atoms with Crippen molar-refractivity contribution >= 4 is 28.9 Å². The molecule has 0 spiro atoms. The molecule has 5 nitrogen and oxygen atoms in total. The standard InChI is InChI=1S/C19H23NO4S/c1-12-8-14(11-25-12)17(21)9-13-6-7-15(23-5)10-16(13)20-18(22)24-19(2,3)4/h6-8,10-11H,9H2,1-5H3,(H,20,22). The quantitative estimate of drug-likeness (QED) is 0.774. The molecule has 6 heteroatoms. The molecule has 2 rings (SSSR count). The van der Waals surface area contributed by atoms with Gasteiger partial charge in [0, 0.05) is 28.3 Å². The van der Waals surface area contributed by atoms with Crippen molar-refractivity contribution in [2.75, 3.05) is 12.4 Å². The number of ketones is 1. The number of ether oxygens (including phenoxy) is 2. The summed E-state index contributed by atoms with van der Waals surface area (Å²) in [6.45, 7) is 7.34. The second-order valence-electron chi connectivity index (χ2n) is 6.70. The number of nitrogens with one attached hydrogen (secondary N) is 1. The third kappa shape index (κ3) is 5.60. The Bertz CT molecular complexity index is 774. The Morgan fingerprint density at radius 1 is 1.20 bits per heavy atom. The van der Waals surface area contributed by atoms with E-state index in [0.29, 0.717) is 22.6 Å². The van der Waals surface area contributed by atoms with E-state index in [0.717, 1.165) is 4.88 Å². The first kappa shape index (κ1) is 19.0. The van der Waals surface area contributed by atoms with E-state index in [9.17, 15) is 9.59 Å². The minimum Gasteiger partial charge on any atom is -0.497 e. The molecule has 0 fully saturated rings. The fourth-order valence-corrected chi connectivity index (χ4v) is 2.94. The van der Waals surface area contributed by atoms with Crippen LogP contribution < -0.4 is 10.1 Å². The summed E-state index contributed by atoms with van der Waals surface area (Å²) in [5.41, 5.74) is 1.29. The molecule has 1 aromatic carbocycles. The molecular weight excluding hydrogens is 338 g/mol. The summed E-state index contributed by atoms with van der Waals surface area (Å²) in [5.74, 6) is 0.593. The van der Waals surface area contributed by atoms with E-state index in [-0.39, 0.29) is 12.2 Å². The lowest BCUT2D eigenvalue weighted by Crippen LogP contribution is -2.27. The third-order valence-electron chi connectivity index (χ3n) is 3.36. The van der Waals surface area contributed by atoms with Crippen molar-refractivity contribution in [2.24, 2.45) is 0 Å². The molecule has 2 aromatic rings. The Kier molecular flexibility index (Phi) is 5.85. The number of thiophene rings is 1. The monoisotopic (exact) mass is 361 g/mol. The van der Waals surface area contributed by atoms with Crippen LogP contribution in [0.3, 0.4) is 0 Å². The molecule has 134 valence electrons. The molecule has 0 saturated heterocycles. The zero-order valence-corrected chi connectivity index (χ0v) is 16.0. The Labute approximate surface area is 152 Å². The average molecular weight is 361 g/mol. The first-order chi connectivity index (χ1) is 11.7. The van der Waals surface area contributed by atoms with Gasteiger partial charge in [-0.05, 0) is 45.4 Å². The van der Waals surface area contributed by atoms with Gasteiger partial charge >= 0.3 is 6.09 Å². The molecule has 0 radical (unpaired) electrons. The molecule has 0 unspecified atom stereocenters. The van der Waals surface area contributed by atoms with Crippen LogP contribution in [0.4, 0.5) is 10.5 Å². The van der Waals surface area contributed by atoms with Crippen LogP contribution in [0.25, 0.3) is 0 Å². The summed E-state index contributed by atoms with van der Waals surface area (Å²) in [6.07, 6.45) is -0.383. The maximum Gasteiger partial charge on any atom is 0.412 e. The second kappa shape index (κ2) is 7.70. The smallest absolute Gasteiger partial charge is 0.412 e. The number of anilines is 1. The highest BCUT2D eigenvalue weighted by Gasteiger charge is 2.19. The number of carbonyl (C=O) groups is 2. The van der Waals surface area contributed by atoms with Crippen molar-refractivity contribution in [3.8, 4) is 5.75 Å². The highest BCUT2D eigenvalue weighted by Crippen LogP contribution is 2.25. The van der Waals surface area contributed by atoms with Crippen molar-refractivity contribution in [2.45, 2.75) is 39.7 Å². The lowest BCUT2D eigenvalue weighted by Gasteiger charge is -2.20. The fourth-order valence-electron chi connectivity index (χ4n) is 2.23. The van der Waals surface area contributed by atoms with Gasteiger partial charge in [0.05, 0.1) is 12.8 Å². The van der Waals surface area contributed by atoms with E-state index in [1.807, 2.05) is 18.4 Å². The van der Waals surface area contributed by atoms with Crippen molar-refractivity contribution in [3.63, 3.8) is 0 Å². The van der Waals surface area contributed by atoms with Crippen LogP contribution in [0.15, 0.2) is 29.6 Å². The molecule has 25 heavy (non-hydrogen) atoms. The van der Waals surface area contributed by atoms with Gasteiger partial charge in [0.25, 0.3) is 0 Å². The molecule has 0 aliphatic rings. The van der Waals surface area contributed by atoms with Crippen LogP contribution in [0.1, 0.15) is 41.6 Å². The topological polar surface area (TPSA) is 64.6 Å². The van der Waals surface area contributed by atoms with Crippen LogP contribution in [0.5, 0.6) is 5.75 Å². The number of benzene rings is 1. The maximum atomic E-state index is 12.5. The van der Waals surface area contributed by atoms with Crippen molar-refractivity contribution in [3.05, 3.63) is 45.6 Å². The number of aryl methyl sites for hydroxylation is 1. The Morgan fingerprint density at radius 3 is 2.48 bits per heavy atom. The first-order valence-corrected chi connectivity index (χ1v) is 8.81. The van der Waals surface area contributed by atoms with Gasteiger partial charge in [-0.25, -0.2) is 4.79 Å². The van der Waals surface area contributed by atoms with Gasteiger partial charge < -0.3 is 9.47 Å². The van der Waals surface area contributed by atoms with E-state index in [1.54, 1.807) is 46.1 Å². The normalized spacial score (nSPS) is 11.1. The summed E-state index contributed by atoms with van der Waals surface area (Å²) >= 11 is 1.54. The van der Waals surface area contributed by atoms with Gasteiger partial charge in [-0.15, -0.1) is 11.3 Å². The lowest BCUT2D eigenvalue weighted by molar-refractivity contribution is 0.0635. The molecule has 1 aromatic heterocycles. The molecule has 0 aliphatic carbocycles. The molecule has 0 atom stereocenters. The second-order valence-corrected chi connectivity index (χ2v) is 7.81. The third-order valence-corrected chi connectivity index (χ3v) is 4.22. The van der Waals surface area contributed by atoms with E-state index in [1.165, 1.54) is 11.3 Å². The zero-order chi connectivity index (χ0) is 18.6. The summed E-state index contributed by atoms with van der Waals surface area (Å²) < 4.78 is 10.5. The molecule has 0 aliphatic heterocycles. The highest BCUT2D eigenvalue weighted by atomic mass is 32.1. The van der Waals surface area contributed by atoms with Gasteiger partial charge in [-0.2, -0.15) is 0 Å². The number of methoxy groups -OCH3 is 1. The maximum absolute atomic E-state index is 12.5. The van der Waals surface area contributed by atoms with Gasteiger partial charge in [0.2, 0.25) is 0 Å². The van der Waals surface area contributed by atoms with Crippen LogP contribution in [0.2, 0.25) is 0 Å². The van der Waals surface area contributed by atoms with Gasteiger partial charge in [-0.3, -0.25) is 10.1 Å². The number of amides is 1. The van der Waals surface area contributed by atoms with Crippen LogP contribution in [-0.2, 0) is 11.2 Å². The Morgan fingerprint density at radius 2 is 1.92 bits per heavy atom. The van der Waals surface area contributed by atoms with Crippen LogP contribution in [0, 0.1) is 6.92 Å². The fraction of sp³-hybridized carbons (Fsp3) is 0.368. The predicted octanol–water partition coefficient (Wildman–Crippen LogP) is 4.84. The summed E-state index contributed by atoms with van der Waals surface area (Å²) in [4.78, 5) is 25.6. The summed E-state index contributed by atoms with van der Waals surface area (Å²) in [7, 11) is 1.55. The minimum atomic E-state index is -0.604. The number of Topliss-reactive ketones (excluding diaryl/α,β-unsaturated/α-hetero) is 1. The highest BCUT2D eigenvalue weighted by molar-refractivity contribution is 7.10. The molecule has 1 N–H and O–H groups in total. The number of hydrogen-bond donors (Lipinski definition) is 1. The van der Waals surface area contributed by atoms with E-state index in [4.69, 9.17) is 9.47 Å². The van der Waals surface area contributed by atoms with Crippen LogP contribution >= 0.6 is 11.3 Å². The minimum absolute atomic E-state index is 0.00163. The molecule has 1 heterocycles. The zero-order valence-electron chi connectivity index (χ0n) is 15.1. The molecule has 0 bridgehead atoms. The molecular formula is C19H23NO4S. The van der Waals surface area contributed by atoms with E-state index in [2.05, 4.69) is 5.32 Å². The lowest BCUT2D eigenvalue weighted by atomic mass is 10.0. The number of carbonyl (C=O) groups excluding carboxylic acids is 2. The van der Waals surface area contributed by atoms with Crippen molar-refractivity contribution in [1.82, 2.24) is 0 Å². The van der Waals surface area contributed by atoms with Gasteiger partial charge in [0.1, 0.15) is 11.4 Å². The van der Waals surface area contributed by atoms with Gasteiger partial charge in [0.15, 0.2) is 5.78 Å². The number of hydrogen-bond acceptors (Lipinski definition) is 5. The van der Waals surface area contributed by atoms with Crippen LogP contribution in [-0.4, -0.2) is 24.6 Å². The van der Waals surface area contributed by atoms with Crippen molar-refractivity contribution in [1.29, 1.82) is 0 Å². The summed E-state index contributed by atoms with van der Waals surface area (Å²) in [5, 5.41) is 4.56. The Hall–Kier alpha value is -2.34. The summed E-state index contributed by atoms with van der Waals surface area (Å²) in [6, 6.07) is 7.10. The molecule has 1 amide bonds. The van der Waals surface area contributed by atoms with Crippen molar-refractivity contribution < 1.29 is 19.1 Å². The SMILES string of the molecule is COc1ccc(CC(=O)c2csc(C)c2)c(NC(=O)OC(C)(C)C)c1. The van der Waals surface area contributed by atoms with E-state index >= 15 is 0 Å². The molecule has 0 saturated carbocycles. The largest absolute Gasteiger partial charge is 0.497 e. The van der Waals surface area contributed by atoms with E-state index < -0.39 is 11.7 Å².